The van der Waals surface area contributed by atoms with Gasteiger partial charge in [-0.3, -0.25) is 4.90 Å². The van der Waals surface area contributed by atoms with Crippen LogP contribution in [0.4, 0.5) is 0 Å². The van der Waals surface area contributed by atoms with Crippen LogP contribution in [0, 0.1) is 11.3 Å². The Morgan fingerprint density at radius 2 is 2.00 bits per heavy atom. The molecule has 0 aromatic rings. The molecule has 1 saturated carbocycles. The van der Waals surface area contributed by atoms with E-state index < -0.39 is 0 Å². The van der Waals surface area contributed by atoms with Crippen LogP contribution in [-0.4, -0.2) is 24.5 Å². The molecule has 0 heterocycles. The molecule has 102 valence electrons. The van der Waals surface area contributed by atoms with Crippen molar-refractivity contribution in [3.63, 3.8) is 0 Å². The summed E-state index contributed by atoms with van der Waals surface area (Å²) >= 11 is 0. The van der Waals surface area contributed by atoms with Gasteiger partial charge in [-0.2, -0.15) is 0 Å². The van der Waals surface area contributed by atoms with Crippen molar-refractivity contribution in [1.29, 1.82) is 0 Å². The zero-order valence-electron chi connectivity index (χ0n) is 12.6. The highest BCUT2D eigenvalue weighted by molar-refractivity contribution is 5.26. The molecule has 1 unspecified atom stereocenters. The Hall–Kier alpha value is -0.560. The molecule has 1 atom stereocenters. The van der Waals surface area contributed by atoms with E-state index in [0.29, 0.717) is 11.5 Å². The Morgan fingerprint density at radius 1 is 1.28 bits per heavy atom. The lowest BCUT2D eigenvalue weighted by Crippen LogP contribution is -2.33. The third-order valence-corrected chi connectivity index (χ3v) is 4.16. The van der Waals surface area contributed by atoms with E-state index in [0.717, 1.165) is 5.92 Å². The second kappa shape index (κ2) is 5.61. The first-order valence-corrected chi connectivity index (χ1v) is 7.51. The second-order valence-corrected chi connectivity index (χ2v) is 7.38. The molecule has 0 aromatic heterocycles. The first-order chi connectivity index (χ1) is 8.44. The van der Waals surface area contributed by atoms with Gasteiger partial charge in [0.15, 0.2) is 0 Å². The fourth-order valence-electron chi connectivity index (χ4n) is 2.46. The molecule has 2 aliphatic carbocycles. The third-order valence-electron chi connectivity index (χ3n) is 4.16. The Balaban J connectivity index is 1.74. The van der Waals surface area contributed by atoms with E-state index in [2.05, 4.69) is 50.9 Å². The van der Waals surface area contributed by atoms with Gasteiger partial charge in [0, 0.05) is 6.04 Å². The van der Waals surface area contributed by atoms with Crippen molar-refractivity contribution >= 4 is 0 Å². The van der Waals surface area contributed by atoms with Crippen molar-refractivity contribution in [2.45, 2.75) is 58.9 Å². The molecule has 18 heavy (non-hydrogen) atoms. The normalized spacial score (nSPS) is 24.5. The molecular formula is C17H29N. The van der Waals surface area contributed by atoms with Crippen molar-refractivity contribution in [1.82, 2.24) is 4.90 Å². The van der Waals surface area contributed by atoms with Gasteiger partial charge in [-0.15, -0.1) is 0 Å². The Morgan fingerprint density at radius 3 is 2.50 bits per heavy atom. The average Bonchev–Trinajstić information content (AvgIpc) is 3.10. The summed E-state index contributed by atoms with van der Waals surface area (Å²) in [5, 5.41) is 0. The zero-order chi connectivity index (χ0) is 13.2. The highest BCUT2D eigenvalue weighted by Gasteiger charge is 2.23. The molecule has 2 rings (SSSR count). The van der Waals surface area contributed by atoms with Crippen LogP contribution in [-0.2, 0) is 0 Å². The molecule has 1 fully saturated rings. The van der Waals surface area contributed by atoms with Gasteiger partial charge in [-0.1, -0.05) is 44.6 Å². The Kier molecular flexibility index (Phi) is 4.32. The predicted octanol–water partition coefficient (Wildman–Crippen LogP) is 4.41. The SMILES string of the molecule is CN(CCC(C)(C)C)C1C=CC(CC2CC2)=CC1. The smallest absolute Gasteiger partial charge is 0.0313 e. The lowest BCUT2D eigenvalue weighted by atomic mass is 9.91. The van der Waals surface area contributed by atoms with Gasteiger partial charge >= 0.3 is 0 Å². The summed E-state index contributed by atoms with van der Waals surface area (Å²) in [6, 6.07) is 0.621. The van der Waals surface area contributed by atoms with Crippen LogP contribution >= 0.6 is 0 Å². The van der Waals surface area contributed by atoms with E-state index >= 15 is 0 Å². The van der Waals surface area contributed by atoms with Gasteiger partial charge in [0.2, 0.25) is 0 Å². The van der Waals surface area contributed by atoms with Crippen LogP contribution in [0.5, 0.6) is 0 Å². The monoisotopic (exact) mass is 247 g/mol. The maximum absolute atomic E-state index is 2.51. The molecule has 0 N–H and O–H groups in total. The van der Waals surface area contributed by atoms with Crippen LogP contribution in [0.15, 0.2) is 23.8 Å². The number of nitrogens with zero attached hydrogens (tertiary/aromatic N) is 1. The van der Waals surface area contributed by atoms with E-state index in [1.807, 2.05) is 0 Å². The fourth-order valence-corrected chi connectivity index (χ4v) is 2.46. The molecule has 0 saturated heterocycles. The van der Waals surface area contributed by atoms with Gasteiger partial charge in [0.05, 0.1) is 0 Å². The van der Waals surface area contributed by atoms with E-state index in [4.69, 9.17) is 0 Å². The van der Waals surface area contributed by atoms with Crippen LogP contribution in [0.25, 0.3) is 0 Å². The second-order valence-electron chi connectivity index (χ2n) is 7.38. The minimum absolute atomic E-state index is 0.444. The molecule has 2 aliphatic rings. The Labute approximate surface area is 113 Å². The quantitative estimate of drug-likeness (QED) is 0.695. The predicted molar refractivity (Wildman–Crippen MR) is 79.7 cm³/mol. The van der Waals surface area contributed by atoms with E-state index in [9.17, 15) is 0 Å². The Bertz CT molecular complexity index is 328. The molecule has 0 spiro atoms. The minimum Gasteiger partial charge on any atom is -0.300 e. The van der Waals surface area contributed by atoms with Crippen molar-refractivity contribution in [3.8, 4) is 0 Å². The van der Waals surface area contributed by atoms with Crippen LogP contribution in [0.1, 0.15) is 52.9 Å². The number of rotatable bonds is 5. The molecule has 0 bridgehead atoms. The van der Waals surface area contributed by atoms with Crippen molar-refractivity contribution in [2.75, 3.05) is 13.6 Å². The van der Waals surface area contributed by atoms with Gasteiger partial charge in [0.25, 0.3) is 0 Å². The summed E-state index contributed by atoms with van der Waals surface area (Å²) < 4.78 is 0. The first kappa shape index (κ1) is 13.9. The number of hydrogen-bond donors (Lipinski definition) is 0. The highest BCUT2D eigenvalue weighted by Crippen LogP contribution is 2.36. The molecular weight excluding hydrogens is 218 g/mol. The van der Waals surface area contributed by atoms with E-state index in [1.165, 1.54) is 38.6 Å². The lowest BCUT2D eigenvalue weighted by Gasteiger charge is -2.30. The summed E-state index contributed by atoms with van der Waals surface area (Å²) in [5.41, 5.74) is 2.03. The van der Waals surface area contributed by atoms with E-state index in [1.54, 1.807) is 5.57 Å². The van der Waals surface area contributed by atoms with Crippen LogP contribution < -0.4 is 0 Å². The summed E-state index contributed by atoms with van der Waals surface area (Å²) in [5.74, 6) is 1.01. The maximum atomic E-state index is 2.51. The largest absolute Gasteiger partial charge is 0.300 e. The maximum Gasteiger partial charge on any atom is 0.0313 e. The topological polar surface area (TPSA) is 3.24 Å². The number of likely N-dealkylation sites (N-methyl/N-ethyl adjacent to an activating group) is 1. The molecule has 0 aliphatic heterocycles. The van der Waals surface area contributed by atoms with E-state index in [-0.39, 0.29) is 0 Å². The molecule has 1 nitrogen and oxygen atoms in total. The van der Waals surface area contributed by atoms with Crippen molar-refractivity contribution in [2.24, 2.45) is 11.3 Å². The van der Waals surface area contributed by atoms with Crippen LogP contribution in [0.2, 0.25) is 0 Å². The van der Waals surface area contributed by atoms with Crippen LogP contribution in [0.3, 0.4) is 0 Å². The molecule has 0 amide bonds. The van der Waals surface area contributed by atoms with Crippen molar-refractivity contribution in [3.05, 3.63) is 23.8 Å². The van der Waals surface area contributed by atoms with Crippen molar-refractivity contribution < 1.29 is 0 Å². The zero-order valence-corrected chi connectivity index (χ0v) is 12.6. The van der Waals surface area contributed by atoms with Gasteiger partial charge in [-0.05, 0) is 57.0 Å². The molecule has 0 aromatic carbocycles. The fraction of sp³-hybridized carbons (Fsp3) is 0.765. The highest BCUT2D eigenvalue weighted by atomic mass is 15.1. The lowest BCUT2D eigenvalue weighted by molar-refractivity contribution is 0.232. The molecule has 0 radical (unpaired) electrons. The summed E-state index contributed by atoms with van der Waals surface area (Å²) in [6.07, 6.45) is 14.0. The molecule has 1 heteroatoms. The third kappa shape index (κ3) is 4.61. The minimum atomic E-state index is 0.444. The number of hydrogen-bond acceptors (Lipinski definition) is 1. The van der Waals surface area contributed by atoms with Gasteiger partial charge < -0.3 is 0 Å². The van der Waals surface area contributed by atoms with Gasteiger partial charge in [0.1, 0.15) is 0 Å². The first-order valence-electron chi connectivity index (χ1n) is 7.51. The standard InChI is InChI=1S/C17H29N/c1-17(2,3)11-12-18(4)16-9-7-15(8-10-16)13-14-5-6-14/h7-9,14,16H,5-6,10-13H2,1-4H3. The van der Waals surface area contributed by atoms with Gasteiger partial charge in [-0.25, -0.2) is 0 Å². The average molecular weight is 247 g/mol. The summed E-state index contributed by atoms with van der Waals surface area (Å²) in [4.78, 5) is 2.51. The summed E-state index contributed by atoms with van der Waals surface area (Å²) in [7, 11) is 2.26. The number of allylic oxidation sites excluding steroid dienone is 2. The summed E-state index contributed by atoms with van der Waals surface area (Å²) in [6.45, 7) is 8.17.